The van der Waals surface area contributed by atoms with Crippen molar-refractivity contribution in [1.82, 2.24) is 15.5 Å². The maximum atomic E-state index is 12.0. The quantitative estimate of drug-likeness (QED) is 0.662. The van der Waals surface area contributed by atoms with Crippen LogP contribution in [0.5, 0.6) is 5.75 Å². The van der Waals surface area contributed by atoms with Gasteiger partial charge in [0, 0.05) is 31.7 Å². The number of anilines is 1. The molecule has 0 aliphatic carbocycles. The van der Waals surface area contributed by atoms with Gasteiger partial charge in [-0.15, -0.1) is 0 Å². The molecule has 1 aromatic carbocycles. The molecule has 0 radical (unpaired) electrons. The molecule has 0 atom stereocenters. The average molecular weight is 278 g/mol. The minimum Gasteiger partial charge on any atom is -0.495 e. The predicted molar refractivity (Wildman–Crippen MR) is 74.7 cm³/mol. The van der Waals surface area contributed by atoms with Gasteiger partial charge in [0.05, 0.1) is 12.8 Å². The van der Waals surface area contributed by atoms with Crippen LogP contribution in [0.15, 0.2) is 18.2 Å². The van der Waals surface area contributed by atoms with Crippen molar-refractivity contribution in [3.63, 3.8) is 0 Å². The van der Waals surface area contributed by atoms with Crippen LogP contribution < -0.4 is 21.1 Å². The Kier molecular flexibility index (Phi) is 4.29. The molecule has 0 unspecified atom stereocenters. The van der Waals surface area contributed by atoms with Crippen LogP contribution in [0, 0.1) is 0 Å². The summed E-state index contributed by atoms with van der Waals surface area (Å²) in [4.78, 5) is 24.9. The highest BCUT2D eigenvalue weighted by molar-refractivity contribution is 5.95. The summed E-state index contributed by atoms with van der Waals surface area (Å²) < 4.78 is 5.07. The molecule has 3 amide bonds. The minimum atomic E-state index is -0.220. The Morgan fingerprint density at radius 1 is 1.55 bits per heavy atom. The molecule has 1 aromatic rings. The Morgan fingerprint density at radius 2 is 2.35 bits per heavy atom. The van der Waals surface area contributed by atoms with E-state index in [0.29, 0.717) is 43.2 Å². The monoisotopic (exact) mass is 278 g/mol. The molecule has 1 fully saturated rings. The van der Waals surface area contributed by atoms with Crippen molar-refractivity contribution in [3.8, 4) is 5.75 Å². The SMILES string of the molecule is COc1cc(C(=O)NCCN2CCNC2=O)ccc1N. The lowest BCUT2D eigenvalue weighted by atomic mass is 10.2. The van der Waals surface area contributed by atoms with Crippen molar-refractivity contribution in [2.75, 3.05) is 39.0 Å². The van der Waals surface area contributed by atoms with Crippen molar-refractivity contribution in [2.24, 2.45) is 0 Å². The summed E-state index contributed by atoms with van der Waals surface area (Å²) in [5, 5.41) is 5.46. The third kappa shape index (κ3) is 3.11. The molecule has 4 N–H and O–H groups in total. The number of rotatable bonds is 5. The van der Waals surface area contributed by atoms with Crippen LogP contribution in [0.25, 0.3) is 0 Å². The van der Waals surface area contributed by atoms with E-state index in [1.54, 1.807) is 23.1 Å². The lowest BCUT2D eigenvalue weighted by molar-refractivity contribution is 0.0950. The number of hydrogen-bond donors (Lipinski definition) is 3. The van der Waals surface area contributed by atoms with Crippen LogP contribution >= 0.6 is 0 Å². The Hall–Kier alpha value is -2.44. The first-order valence-electron chi connectivity index (χ1n) is 6.36. The van der Waals surface area contributed by atoms with Gasteiger partial charge in [0.15, 0.2) is 0 Å². The zero-order chi connectivity index (χ0) is 14.5. The molecule has 108 valence electrons. The summed E-state index contributed by atoms with van der Waals surface area (Å²) in [7, 11) is 1.50. The molecule has 0 aromatic heterocycles. The summed E-state index contributed by atoms with van der Waals surface area (Å²) in [5.74, 6) is 0.250. The first kappa shape index (κ1) is 14.0. The van der Waals surface area contributed by atoms with E-state index in [1.807, 2.05) is 0 Å². The van der Waals surface area contributed by atoms with Crippen molar-refractivity contribution >= 4 is 17.6 Å². The first-order valence-corrected chi connectivity index (χ1v) is 6.36. The zero-order valence-electron chi connectivity index (χ0n) is 11.3. The number of amides is 3. The fourth-order valence-electron chi connectivity index (χ4n) is 1.98. The zero-order valence-corrected chi connectivity index (χ0v) is 11.3. The van der Waals surface area contributed by atoms with Gasteiger partial charge in [-0.25, -0.2) is 4.79 Å². The molecule has 1 aliphatic heterocycles. The van der Waals surface area contributed by atoms with Gasteiger partial charge in [-0.05, 0) is 18.2 Å². The third-order valence-corrected chi connectivity index (χ3v) is 3.11. The third-order valence-electron chi connectivity index (χ3n) is 3.11. The second kappa shape index (κ2) is 6.14. The van der Waals surface area contributed by atoms with E-state index in [9.17, 15) is 9.59 Å². The predicted octanol–water partition coefficient (Wildman–Crippen LogP) is 0.0324. The highest BCUT2D eigenvalue weighted by atomic mass is 16.5. The highest BCUT2D eigenvalue weighted by Gasteiger charge is 2.18. The Morgan fingerprint density at radius 3 is 3.00 bits per heavy atom. The minimum absolute atomic E-state index is 0.0894. The number of methoxy groups -OCH3 is 1. The van der Waals surface area contributed by atoms with Gasteiger partial charge in [-0.1, -0.05) is 0 Å². The molecule has 1 aliphatic rings. The number of nitrogens with one attached hydrogen (secondary N) is 2. The summed E-state index contributed by atoms with van der Waals surface area (Å²) in [5.41, 5.74) is 6.65. The van der Waals surface area contributed by atoms with E-state index in [-0.39, 0.29) is 11.9 Å². The van der Waals surface area contributed by atoms with Gasteiger partial charge in [0.1, 0.15) is 5.75 Å². The normalized spacial score (nSPS) is 14.1. The van der Waals surface area contributed by atoms with Crippen LogP contribution in [0.3, 0.4) is 0 Å². The standard InChI is InChI=1S/C13H18N4O3/c1-20-11-8-9(2-3-10(11)14)12(18)15-4-6-17-7-5-16-13(17)19/h2-3,8H,4-7,14H2,1H3,(H,15,18)(H,16,19). The Bertz CT molecular complexity index is 518. The summed E-state index contributed by atoms with van der Waals surface area (Å²) in [6, 6.07) is 4.76. The number of nitrogens with zero attached hydrogens (tertiary/aromatic N) is 1. The van der Waals surface area contributed by atoms with Gasteiger partial charge in [-0.2, -0.15) is 0 Å². The molecule has 7 nitrogen and oxygen atoms in total. The lowest BCUT2D eigenvalue weighted by Crippen LogP contribution is -2.36. The van der Waals surface area contributed by atoms with Crippen LogP contribution in [0.4, 0.5) is 10.5 Å². The lowest BCUT2D eigenvalue weighted by Gasteiger charge is -2.14. The van der Waals surface area contributed by atoms with Gasteiger partial charge in [0.25, 0.3) is 5.91 Å². The molecule has 0 bridgehead atoms. The van der Waals surface area contributed by atoms with E-state index in [1.165, 1.54) is 7.11 Å². The fourth-order valence-corrected chi connectivity index (χ4v) is 1.98. The fraction of sp³-hybridized carbons (Fsp3) is 0.385. The maximum absolute atomic E-state index is 12.0. The molecular weight excluding hydrogens is 260 g/mol. The van der Waals surface area contributed by atoms with E-state index in [0.717, 1.165) is 0 Å². The van der Waals surface area contributed by atoms with Gasteiger partial charge in [-0.3, -0.25) is 4.79 Å². The Labute approximate surface area is 117 Å². The van der Waals surface area contributed by atoms with Crippen LogP contribution in [0.1, 0.15) is 10.4 Å². The number of urea groups is 1. The van der Waals surface area contributed by atoms with Crippen LogP contribution in [-0.4, -0.2) is 50.1 Å². The maximum Gasteiger partial charge on any atom is 0.317 e. The van der Waals surface area contributed by atoms with Crippen molar-refractivity contribution in [3.05, 3.63) is 23.8 Å². The van der Waals surface area contributed by atoms with E-state index in [4.69, 9.17) is 10.5 Å². The van der Waals surface area contributed by atoms with Gasteiger partial charge < -0.3 is 26.0 Å². The summed E-state index contributed by atoms with van der Waals surface area (Å²) >= 11 is 0. The Balaban J connectivity index is 1.87. The molecule has 7 heteroatoms. The number of carbonyl (C=O) groups is 2. The number of nitrogens with two attached hydrogens (primary N) is 1. The second-order valence-electron chi connectivity index (χ2n) is 4.43. The highest BCUT2D eigenvalue weighted by Crippen LogP contribution is 2.21. The number of hydrogen-bond acceptors (Lipinski definition) is 4. The van der Waals surface area contributed by atoms with E-state index < -0.39 is 0 Å². The molecule has 1 saturated heterocycles. The average Bonchev–Trinajstić information content (AvgIpc) is 2.85. The van der Waals surface area contributed by atoms with Crippen molar-refractivity contribution in [1.29, 1.82) is 0 Å². The number of carbonyl (C=O) groups excluding carboxylic acids is 2. The molecular formula is C13H18N4O3. The second-order valence-corrected chi connectivity index (χ2v) is 4.43. The van der Waals surface area contributed by atoms with Gasteiger partial charge in [0.2, 0.25) is 0 Å². The molecule has 20 heavy (non-hydrogen) atoms. The summed E-state index contributed by atoms with van der Waals surface area (Å²) in [6.45, 7) is 2.22. The van der Waals surface area contributed by atoms with Gasteiger partial charge >= 0.3 is 6.03 Å². The van der Waals surface area contributed by atoms with Crippen LogP contribution in [-0.2, 0) is 0 Å². The molecule has 2 rings (SSSR count). The van der Waals surface area contributed by atoms with E-state index >= 15 is 0 Å². The molecule has 0 spiro atoms. The molecule has 1 heterocycles. The number of benzene rings is 1. The summed E-state index contributed by atoms with van der Waals surface area (Å²) in [6.07, 6.45) is 0. The first-order chi connectivity index (χ1) is 9.61. The number of ether oxygens (including phenoxy) is 1. The smallest absolute Gasteiger partial charge is 0.317 e. The topological polar surface area (TPSA) is 96.7 Å². The number of nitrogen functional groups attached to an aromatic ring is 1. The van der Waals surface area contributed by atoms with Crippen molar-refractivity contribution in [2.45, 2.75) is 0 Å². The van der Waals surface area contributed by atoms with E-state index in [2.05, 4.69) is 10.6 Å². The largest absolute Gasteiger partial charge is 0.495 e. The molecule has 0 saturated carbocycles. The van der Waals surface area contributed by atoms with Crippen molar-refractivity contribution < 1.29 is 14.3 Å². The van der Waals surface area contributed by atoms with Crippen LogP contribution in [0.2, 0.25) is 0 Å².